The maximum Gasteiger partial charge on any atom is 0.0521 e. The molecule has 3 heteroatoms. The SMILES string of the molecule is CC(C)n1cc(CC[C@@H](C)O)cn1. The number of aromatic nitrogens is 2. The largest absolute Gasteiger partial charge is 0.393 e. The quantitative estimate of drug-likeness (QED) is 0.770. The number of nitrogens with zero attached hydrogens (tertiary/aromatic N) is 2. The van der Waals surface area contributed by atoms with Gasteiger partial charge in [-0.15, -0.1) is 0 Å². The van der Waals surface area contributed by atoms with Crippen LogP contribution in [0.15, 0.2) is 12.4 Å². The fourth-order valence-electron chi connectivity index (χ4n) is 1.16. The van der Waals surface area contributed by atoms with Crippen molar-refractivity contribution in [3.8, 4) is 0 Å². The van der Waals surface area contributed by atoms with Crippen LogP contribution in [0.25, 0.3) is 0 Å². The van der Waals surface area contributed by atoms with Gasteiger partial charge in [0.05, 0.1) is 12.3 Å². The molecule has 0 aromatic carbocycles. The fraction of sp³-hybridized carbons (Fsp3) is 0.700. The third-order valence-electron chi connectivity index (χ3n) is 2.03. The number of aliphatic hydroxyl groups is 1. The number of hydrogen-bond acceptors (Lipinski definition) is 2. The van der Waals surface area contributed by atoms with E-state index in [1.165, 1.54) is 5.56 Å². The summed E-state index contributed by atoms with van der Waals surface area (Å²) in [6.45, 7) is 6.02. The van der Waals surface area contributed by atoms with E-state index < -0.39 is 0 Å². The zero-order valence-electron chi connectivity index (χ0n) is 8.57. The summed E-state index contributed by atoms with van der Waals surface area (Å²) >= 11 is 0. The molecule has 3 nitrogen and oxygen atoms in total. The molecule has 0 aliphatic heterocycles. The molecule has 1 heterocycles. The Hall–Kier alpha value is -0.830. The molecule has 0 amide bonds. The maximum absolute atomic E-state index is 9.10. The second kappa shape index (κ2) is 4.42. The van der Waals surface area contributed by atoms with Gasteiger partial charge < -0.3 is 5.11 Å². The Labute approximate surface area is 79.4 Å². The molecule has 1 aromatic heterocycles. The van der Waals surface area contributed by atoms with E-state index in [0.717, 1.165) is 12.8 Å². The monoisotopic (exact) mass is 182 g/mol. The van der Waals surface area contributed by atoms with Crippen molar-refractivity contribution in [3.63, 3.8) is 0 Å². The molecule has 1 N–H and O–H groups in total. The van der Waals surface area contributed by atoms with Crippen molar-refractivity contribution >= 4 is 0 Å². The van der Waals surface area contributed by atoms with Gasteiger partial charge in [-0.05, 0) is 39.2 Å². The highest BCUT2D eigenvalue weighted by Gasteiger charge is 2.02. The number of rotatable bonds is 4. The third kappa shape index (κ3) is 3.19. The van der Waals surface area contributed by atoms with Crippen LogP contribution in [-0.2, 0) is 6.42 Å². The Morgan fingerprint density at radius 2 is 2.15 bits per heavy atom. The van der Waals surface area contributed by atoms with Gasteiger partial charge in [0.2, 0.25) is 0 Å². The molecule has 74 valence electrons. The van der Waals surface area contributed by atoms with Gasteiger partial charge in [0.1, 0.15) is 0 Å². The molecule has 0 aliphatic rings. The van der Waals surface area contributed by atoms with Gasteiger partial charge >= 0.3 is 0 Å². The molecule has 0 spiro atoms. The van der Waals surface area contributed by atoms with Crippen molar-refractivity contribution in [2.24, 2.45) is 0 Å². The van der Waals surface area contributed by atoms with E-state index in [9.17, 15) is 0 Å². The zero-order valence-corrected chi connectivity index (χ0v) is 8.57. The minimum Gasteiger partial charge on any atom is -0.393 e. The van der Waals surface area contributed by atoms with E-state index in [1.807, 2.05) is 24.0 Å². The van der Waals surface area contributed by atoms with E-state index in [1.54, 1.807) is 0 Å². The standard InChI is InChI=1S/C10H18N2O/c1-8(2)12-7-10(6-11-12)5-4-9(3)13/h6-9,13H,4-5H2,1-3H3/t9-/m1/s1. The summed E-state index contributed by atoms with van der Waals surface area (Å²) in [4.78, 5) is 0. The van der Waals surface area contributed by atoms with Crippen molar-refractivity contribution in [3.05, 3.63) is 18.0 Å². The van der Waals surface area contributed by atoms with Crippen LogP contribution < -0.4 is 0 Å². The Bertz CT molecular complexity index is 253. The van der Waals surface area contributed by atoms with Crippen LogP contribution in [0.4, 0.5) is 0 Å². The lowest BCUT2D eigenvalue weighted by molar-refractivity contribution is 0.185. The lowest BCUT2D eigenvalue weighted by atomic mass is 10.1. The van der Waals surface area contributed by atoms with Crippen LogP contribution in [-0.4, -0.2) is 21.0 Å². The van der Waals surface area contributed by atoms with Crippen LogP contribution in [0.2, 0.25) is 0 Å². The maximum atomic E-state index is 9.10. The first kappa shape index (κ1) is 10.3. The highest BCUT2D eigenvalue weighted by Crippen LogP contribution is 2.08. The average Bonchev–Trinajstić information content (AvgIpc) is 2.48. The summed E-state index contributed by atoms with van der Waals surface area (Å²) in [5.41, 5.74) is 1.20. The predicted molar refractivity (Wildman–Crippen MR) is 52.6 cm³/mol. The summed E-state index contributed by atoms with van der Waals surface area (Å²) < 4.78 is 1.94. The van der Waals surface area contributed by atoms with Crippen LogP contribution in [0.3, 0.4) is 0 Å². The summed E-state index contributed by atoms with van der Waals surface area (Å²) in [6, 6.07) is 0.417. The van der Waals surface area contributed by atoms with Crippen molar-refractivity contribution in [2.45, 2.75) is 45.8 Å². The van der Waals surface area contributed by atoms with Gasteiger partial charge in [0.15, 0.2) is 0 Å². The average molecular weight is 182 g/mol. The topological polar surface area (TPSA) is 38.0 Å². The second-order valence-electron chi connectivity index (χ2n) is 3.81. The second-order valence-corrected chi connectivity index (χ2v) is 3.81. The molecule has 13 heavy (non-hydrogen) atoms. The predicted octanol–water partition coefficient (Wildman–Crippen LogP) is 1.78. The Balaban J connectivity index is 2.49. The first-order valence-electron chi connectivity index (χ1n) is 4.80. The summed E-state index contributed by atoms with van der Waals surface area (Å²) in [5.74, 6) is 0. The van der Waals surface area contributed by atoms with Crippen molar-refractivity contribution in [1.82, 2.24) is 9.78 Å². The molecule has 0 radical (unpaired) electrons. The van der Waals surface area contributed by atoms with E-state index >= 15 is 0 Å². The molecule has 0 bridgehead atoms. The molecule has 0 saturated carbocycles. The zero-order chi connectivity index (χ0) is 9.84. The minimum absolute atomic E-state index is 0.220. The van der Waals surface area contributed by atoms with Gasteiger partial charge in [-0.3, -0.25) is 4.68 Å². The summed E-state index contributed by atoms with van der Waals surface area (Å²) in [7, 11) is 0. The molecule has 0 saturated heterocycles. The van der Waals surface area contributed by atoms with Gasteiger partial charge in [-0.1, -0.05) is 0 Å². The van der Waals surface area contributed by atoms with E-state index in [4.69, 9.17) is 5.11 Å². The smallest absolute Gasteiger partial charge is 0.0521 e. The Kier molecular flexibility index (Phi) is 3.48. The first-order valence-corrected chi connectivity index (χ1v) is 4.80. The van der Waals surface area contributed by atoms with E-state index in [0.29, 0.717) is 6.04 Å². The molecule has 0 aliphatic carbocycles. The van der Waals surface area contributed by atoms with Gasteiger partial charge in [0, 0.05) is 12.2 Å². The Morgan fingerprint density at radius 3 is 2.62 bits per heavy atom. The number of hydrogen-bond donors (Lipinski definition) is 1. The molecule has 1 atom stereocenters. The Morgan fingerprint density at radius 1 is 1.46 bits per heavy atom. The normalized spacial score (nSPS) is 13.6. The van der Waals surface area contributed by atoms with Crippen LogP contribution in [0, 0.1) is 0 Å². The molecule has 1 aromatic rings. The highest BCUT2D eigenvalue weighted by molar-refractivity contribution is 5.04. The van der Waals surface area contributed by atoms with E-state index in [2.05, 4.69) is 18.9 Å². The highest BCUT2D eigenvalue weighted by atomic mass is 16.3. The van der Waals surface area contributed by atoms with Crippen molar-refractivity contribution in [2.75, 3.05) is 0 Å². The summed E-state index contributed by atoms with van der Waals surface area (Å²) in [5, 5.41) is 13.3. The summed E-state index contributed by atoms with van der Waals surface area (Å²) in [6.07, 6.45) is 5.42. The van der Waals surface area contributed by atoms with Crippen molar-refractivity contribution < 1.29 is 5.11 Å². The van der Waals surface area contributed by atoms with Crippen LogP contribution in [0.5, 0.6) is 0 Å². The van der Waals surface area contributed by atoms with Crippen LogP contribution in [0.1, 0.15) is 38.8 Å². The molecule has 0 unspecified atom stereocenters. The third-order valence-corrected chi connectivity index (χ3v) is 2.03. The first-order chi connectivity index (χ1) is 6.09. The molecule has 1 rings (SSSR count). The fourth-order valence-corrected chi connectivity index (χ4v) is 1.16. The lowest BCUT2D eigenvalue weighted by Gasteiger charge is -2.03. The lowest BCUT2D eigenvalue weighted by Crippen LogP contribution is -2.01. The van der Waals surface area contributed by atoms with E-state index in [-0.39, 0.29) is 6.10 Å². The molecular formula is C10H18N2O. The van der Waals surface area contributed by atoms with Crippen molar-refractivity contribution in [1.29, 1.82) is 0 Å². The number of aryl methyl sites for hydroxylation is 1. The van der Waals surface area contributed by atoms with Crippen LogP contribution >= 0.6 is 0 Å². The molecule has 0 fully saturated rings. The molecular weight excluding hydrogens is 164 g/mol. The minimum atomic E-state index is -0.220. The van der Waals surface area contributed by atoms with Gasteiger partial charge in [0.25, 0.3) is 0 Å². The van der Waals surface area contributed by atoms with Gasteiger partial charge in [-0.25, -0.2) is 0 Å². The number of aliphatic hydroxyl groups excluding tert-OH is 1. The van der Waals surface area contributed by atoms with Gasteiger partial charge in [-0.2, -0.15) is 5.10 Å².